The van der Waals surface area contributed by atoms with Gasteiger partial charge in [-0.1, -0.05) is 59.2 Å². The summed E-state index contributed by atoms with van der Waals surface area (Å²) in [4.78, 5) is 28.8. The zero-order valence-corrected chi connectivity index (χ0v) is 18.6. The van der Waals surface area contributed by atoms with Crippen LogP contribution < -0.4 is 10.2 Å². The maximum absolute atomic E-state index is 12.3. The summed E-state index contributed by atoms with van der Waals surface area (Å²) in [5, 5.41) is 3.38. The lowest BCUT2D eigenvalue weighted by Gasteiger charge is -2.32. The molecule has 0 radical (unpaired) electrons. The molecule has 3 aromatic carbocycles. The molecule has 0 saturated carbocycles. The first kappa shape index (κ1) is 21.6. The number of halogens is 2. The van der Waals surface area contributed by atoms with Crippen molar-refractivity contribution in [3.05, 3.63) is 76.8 Å². The second-order valence-corrected chi connectivity index (χ2v) is 8.70. The summed E-state index contributed by atoms with van der Waals surface area (Å²) in [6, 6.07) is 20.9. The van der Waals surface area contributed by atoms with Crippen LogP contribution in [0.2, 0.25) is 10.0 Å². The van der Waals surface area contributed by atoms with E-state index in [1.54, 1.807) is 23.9 Å². The number of amides is 1. The number of ether oxygens (including phenoxy) is 1. The summed E-state index contributed by atoms with van der Waals surface area (Å²) in [5.41, 5.74) is 2.51. The molecule has 158 valence electrons. The van der Waals surface area contributed by atoms with Gasteiger partial charge in [0.1, 0.15) is 0 Å². The second kappa shape index (κ2) is 9.64. The van der Waals surface area contributed by atoms with E-state index in [0.29, 0.717) is 22.3 Å². The third-order valence-electron chi connectivity index (χ3n) is 4.64. The number of anilines is 3. The first-order chi connectivity index (χ1) is 15.0. The SMILES string of the molecule is O=C(COC(=O)CCN1c2ccccc2Sc2ccccc21)Nc1ccc(Cl)cc1Cl. The monoisotopic (exact) mass is 472 g/mol. The molecule has 0 saturated heterocycles. The van der Waals surface area contributed by atoms with Crippen LogP contribution >= 0.6 is 35.0 Å². The van der Waals surface area contributed by atoms with Crippen molar-refractivity contribution in [2.24, 2.45) is 0 Å². The van der Waals surface area contributed by atoms with E-state index in [0.717, 1.165) is 21.2 Å². The molecule has 1 N–H and O–H groups in total. The van der Waals surface area contributed by atoms with Crippen molar-refractivity contribution in [3.63, 3.8) is 0 Å². The highest BCUT2D eigenvalue weighted by molar-refractivity contribution is 7.99. The minimum atomic E-state index is -0.470. The number of benzene rings is 3. The van der Waals surface area contributed by atoms with E-state index in [-0.39, 0.29) is 13.0 Å². The maximum Gasteiger partial charge on any atom is 0.308 e. The fourth-order valence-electron chi connectivity index (χ4n) is 3.22. The van der Waals surface area contributed by atoms with Crippen molar-refractivity contribution in [1.82, 2.24) is 0 Å². The predicted molar refractivity (Wildman–Crippen MR) is 125 cm³/mol. The third-order valence-corrected chi connectivity index (χ3v) is 6.32. The van der Waals surface area contributed by atoms with Gasteiger partial charge < -0.3 is 15.0 Å². The Labute approximate surface area is 194 Å². The van der Waals surface area contributed by atoms with Crippen molar-refractivity contribution in [1.29, 1.82) is 0 Å². The van der Waals surface area contributed by atoms with Crippen molar-refractivity contribution < 1.29 is 14.3 Å². The van der Waals surface area contributed by atoms with Crippen LogP contribution in [0.25, 0.3) is 0 Å². The first-order valence-electron chi connectivity index (χ1n) is 9.55. The number of hydrogen-bond donors (Lipinski definition) is 1. The summed E-state index contributed by atoms with van der Waals surface area (Å²) in [5.74, 6) is -0.923. The van der Waals surface area contributed by atoms with Gasteiger partial charge in [-0.3, -0.25) is 9.59 Å². The number of nitrogens with one attached hydrogen (secondary N) is 1. The van der Waals surface area contributed by atoms with Gasteiger partial charge in [-0.15, -0.1) is 0 Å². The van der Waals surface area contributed by atoms with E-state index >= 15 is 0 Å². The molecule has 1 heterocycles. The van der Waals surface area contributed by atoms with Crippen molar-refractivity contribution >= 4 is 63.9 Å². The quantitative estimate of drug-likeness (QED) is 0.434. The third kappa shape index (κ3) is 5.15. The van der Waals surface area contributed by atoms with Crippen LogP contribution in [-0.2, 0) is 14.3 Å². The zero-order chi connectivity index (χ0) is 21.8. The van der Waals surface area contributed by atoms with E-state index < -0.39 is 11.9 Å². The first-order valence-corrected chi connectivity index (χ1v) is 11.1. The Morgan fingerprint density at radius 3 is 2.23 bits per heavy atom. The predicted octanol–water partition coefficient (Wildman–Crippen LogP) is 6.17. The van der Waals surface area contributed by atoms with Crippen LogP contribution in [0, 0.1) is 0 Å². The highest BCUT2D eigenvalue weighted by atomic mass is 35.5. The van der Waals surface area contributed by atoms with Crippen molar-refractivity contribution in [2.45, 2.75) is 16.2 Å². The van der Waals surface area contributed by atoms with E-state index in [1.165, 1.54) is 6.07 Å². The average Bonchev–Trinajstić information content (AvgIpc) is 2.77. The van der Waals surface area contributed by atoms with Gasteiger partial charge in [0.15, 0.2) is 6.61 Å². The molecule has 0 bridgehead atoms. The maximum atomic E-state index is 12.3. The van der Waals surface area contributed by atoms with Crippen LogP contribution in [0.3, 0.4) is 0 Å². The molecule has 0 aliphatic carbocycles. The molecule has 31 heavy (non-hydrogen) atoms. The molecule has 4 rings (SSSR count). The molecule has 0 aromatic heterocycles. The number of carbonyl (C=O) groups is 2. The summed E-state index contributed by atoms with van der Waals surface area (Å²) >= 11 is 13.6. The Kier molecular flexibility index (Phi) is 6.70. The Bertz CT molecular complexity index is 1090. The Hall–Kier alpha value is -2.67. The second-order valence-electron chi connectivity index (χ2n) is 6.77. The molecule has 0 atom stereocenters. The molecule has 5 nitrogen and oxygen atoms in total. The molecule has 1 aliphatic rings. The number of nitrogens with zero attached hydrogens (tertiary/aromatic N) is 1. The van der Waals surface area contributed by atoms with E-state index in [2.05, 4.69) is 22.3 Å². The van der Waals surface area contributed by atoms with Gasteiger partial charge in [-0.2, -0.15) is 0 Å². The normalized spacial score (nSPS) is 12.0. The summed E-state index contributed by atoms with van der Waals surface area (Å²) in [6.45, 7) is 0.0544. The Morgan fingerprint density at radius 2 is 1.58 bits per heavy atom. The molecule has 0 fully saturated rings. The number of rotatable bonds is 6. The lowest BCUT2D eigenvalue weighted by molar-refractivity contribution is -0.147. The standard InChI is InChI=1S/C23H18Cl2N2O3S/c24-15-9-10-17(16(25)13-15)26-22(28)14-30-23(29)11-12-27-18-5-1-3-7-20(18)31-21-8-4-2-6-19(21)27/h1-10,13H,11-12,14H2,(H,26,28). The Balaban J connectivity index is 1.34. The lowest BCUT2D eigenvalue weighted by Crippen LogP contribution is -2.26. The van der Waals surface area contributed by atoms with Crippen LogP contribution in [0.15, 0.2) is 76.5 Å². The molecule has 1 amide bonds. The van der Waals surface area contributed by atoms with Crippen molar-refractivity contribution in [2.75, 3.05) is 23.4 Å². The summed E-state index contributed by atoms with van der Waals surface area (Å²) in [6.07, 6.45) is 0.141. The summed E-state index contributed by atoms with van der Waals surface area (Å²) < 4.78 is 5.15. The van der Waals surface area contributed by atoms with Crippen LogP contribution in [-0.4, -0.2) is 25.0 Å². The topological polar surface area (TPSA) is 58.6 Å². The fourth-order valence-corrected chi connectivity index (χ4v) is 4.77. The molecule has 0 unspecified atom stereocenters. The molecular weight excluding hydrogens is 455 g/mol. The van der Waals surface area contributed by atoms with Crippen LogP contribution in [0.4, 0.5) is 17.1 Å². The Morgan fingerprint density at radius 1 is 0.935 bits per heavy atom. The lowest BCUT2D eigenvalue weighted by atomic mass is 10.2. The largest absolute Gasteiger partial charge is 0.456 e. The van der Waals surface area contributed by atoms with Crippen LogP contribution in [0.5, 0.6) is 0 Å². The molecule has 1 aliphatic heterocycles. The molecule has 3 aromatic rings. The van der Waals surface area contributed by atoms with Gasteiger partial charge in [0.2, 0.25) is 0 Å². The molecule has 8 heteroatoms. The van der Waals surface area contributed by atoms with Gasteiger partial charge in [-0.25, -0.2) is 0 Å². The minimum Gasteiger partial charge on any atom is -0.456 e. The van der Waals surface area contributed by atoms with E-state index in [4.69, 9.17) is 27.9 Å². The highest BCUT2D eigenvalue weighted by Crippen LogP contribution is 2.47. The minimum absolute atomic E-state index is 0.141. The fraction of sp³-hybridized carbons (Fsp3) is 0.130. The smallest absolute Gasteiger partial charge is 0.308 e. The van der Waals surface area contributed by atoms with E-state index in [1.807, 2.05) is 36.4 Å². The number of para-hydroxylation sites is 2. The molecular formula is C23H18Cl2N2O3S. The summed E-state index contributed by atoms with van der Waals surface area (Å²) in [7, 11) is 0. The molecule has 0 spiro atoms. The van der Waals surface area contributed by atoms with Gasteiger partial charge in [0.05, 0.1) is 28.5 Å². The van der Waals surface area contributed by atoms with Gasteiger partial charge in [0, 0.05) is 21.4 Å². The van der Waals surface area contributed by atoms with Gasteiger partial charge >= 0.3 is 5.97 Å². The average molecular weight is 473 g/mol. The highest BCUT2D eigenvalue weighted by Gasteiger charge is 2.23. The van der Waals surface area contributed by atoms with Gasteiger partial charge in [-0.05, 0) is 42.5 Å². The number of carbonyl (C=O) groups excluding carboxylic acids is 2. The van der Waals surface area contributed by atoms with E-state index in [9.17, 15) is 9.59 Å². The number of esters is 1. The van der Waals surface area contributed by atoms with Crippen LogP contribution in [0.1, 0.15) is 6.42 Å². The number of hydrogen-bond acceptors (Lipinski definition) is 5. The van der Waals surface area contributed by atoms with Gasteiger partial charge in [0.25, 0.3) is 5.91 Å². The zero-order valence-electron chi connectivity index (χ0n) is 16.3. The van der Waals surface area contributed by atoms with Crippen molar-refractivity contribution in [3.8, 4) is 0 Å². The number of fused-ring (bicyclic) bond motifs is 2.